The monoisotopic (exact) mass is 244 g/mol. The highest BCUT2D eigenvalue weighted by Gasteiger charge is 2.10. The molecule has 0 unspecified atom stereocenters. The number of carbonyl (C=O) groups is 1. The number of anilines is 1. The minimum Gasteiger partial charge on any atom is -0.472 e. The molecule has 2 N–H and O–H groups in total. The zero-order valence-corrected chi connectivity index (χ0v) is 10.5. The quantitative estimate of drug-likeness (QED) is 0.869. The van der Waals surface area contributed by atoms with Gasteiger partial charge in [0.05, 0.1) is 18.1 Å². The first-order chi connectivity index (χ1) is 8.70. The normalized spacial score (nSPS) is 10.1. The number of rotatable bonds is 4. The second-order valence-electron chi connectivity index (χ2n) is 4.11. The van der Waals surface area contributed by atoms with Gasteiger partial charge in [0.25, 0.3) is 5.91 Å². The Morgan fingerprint density at radius 1 is 1.33 bits per heavy atom. The van der Waals surface area contributed by atoms with Crippen LogP contribution in [0.5, 0.6) is 0 Å². The molecule has 1 aromatic carbocycles. The molecule has 0 spiro atoms. The summed E-state index contributed by atoms with van der Waals surface area (Å²) in [5.74, 6) is -0.0933. The van der Waals surface area contributed by atoms with Crippen LogP contribution in [-0.2, 0) is 6.54 Å². The van der Waals surface area contributed by atoms with E-state index >= 15 is 0 Å². The van der Waals surface area contributed by atoms with Gasteiger partial charge in [0.15, 0.2) is 0 Å². The van der Waals surface area contributed by atoms with Crippen molar-refractivity contribution in [3.63, 3.8) is 0 Å². The van der Waals surface area contributed by atoms with E-state index in [0.29, 0.717) is 12.1 Å². The van der Waals surface area contributed by atoms with Crippen LogP contribution >= 0.6 is 0 Å². The second kappa shape index (κ2) is 5.40. The molecule has 2 aromatic rings. The van der Waals surface area contributed by atoms with Crippen molar-refractivity contribution in [3.05, 3.63) is 53.5 Å². The molecule has 4 nitrogen and oxygen atoms in total. The van der Waals surface area contributed by atoms with Crippen molar-refractivity contribution in [1.82, 2.24) is 5.32 Å². The van der Waals surface area contributed by atoms with E-state index in [-0.39, 0.29) is 5.91 Å². The Kier molecular flexibility index (Phi) is 3.67. The minimum absolute atomic E-state index is 0.0933. The molecule has 4 heteroatoms. The minimum atomic E-state index is -0.0933. The lowest BCUT2D eigenvalue weighted by molar-refractivity contribution is 0.0951. The Morgan fingerprint density at radius 3 is 2.83 bits per heavy atom. The highest BCUT2D eigenvalue weighted by Crippen LogP contribution is 2.16. The summed E-state index contributed by atoms with van der Waals surface area (Å²) in [5, 5.41) is 5.88. The van der Waals surface area contributed by atoms with Crippen molar-refractivity contribution < 1.29 is 9.21 Å². The molecular formula is C14H16N2O2. The SMILES string of the molecule is CNc1ccc(C)cc1C(=O)NCc1ccoc1. The summed E-state index contributed by atoms with van der Waals surface area (Å²) in [6, 6.07) is 7.58. The maximum atomic E-state index is 12.1. The lowest BCUT2D eigenvalue weighted by Crippen LogP contribution is -2.23. The first-order valence-electron chi connectivity index (χ1n) is 5.78. The number of aryl methyl sites for hydroxylation is 1. The molecule has 0 radical (unpaired) electrons. The maximum absolute atomic E-state index is 12.1. The summed E-state index contributed by atoms with van der Waals surface area (Å²) in [6.07, 6.45) is 3.21. The van der Waals surface area contributed by atoms with Gasteiger partial charge in [-0.2, -0.15) is 0 Å². The number of nitrogens with one attached hydrogen (secondary N) is 2. The summed E-state index contributed by atoms with van der Waals surface area (Å²) in [5.41, 5.74) is 3.48. The van der Waals surface area contributed by atoms with Crippen molar-refractivity contribution in [2.75, 3.05) is 12.4 Å². The number of hydrogen-bond donors (Lipinski definition) is 2. The van der Waals surface area contributed by atoms with Crippen LogP contribution in [0.25, 0.3) is 0 Å². The molecule has 0 fully saturated rings. The zero-order valence-electron chi connectivity index (χ0n) is 10.5. The molecule has 0 aliphatic rings. The number of hydrogen-bond acceptors (Lipinski definition) is 3. The lowest BCUT2D eigenvalue weighted by atomic mass is 10.1. The first-order valence-corrected chi connectivity index (χ1v) is 5.78. The Bertz CT molecular complexity index is 533. The van der Waals surface area contributed by atoms with E-state index in [1.807, 2.05) is 31.2 Å². The van der Waals surface area contributed by atoms with E-state index in [1.54, 1.807) is 19.6 Å². The van der Waals surface area contributed by atoms with Crippen LogP contribution in [0, 0.1) is 6.92 Å². The van der Waals surface area contributed by atoms with E-state index in [4.69, 9.17) is 4.42 Å². The van der Waals surface area contributed by atoms with Gasteiger partial charge >= 0.3 is 0 Å². The van der Waals surface area contributed by atoms with Gasteiger partial charge in [-0.25, -0.2) is 0 Å². The maximum Gasteiger partial charge on any atom is 0.253 e. The molecule has 2 rings (SSSR count). The lowest BCUT2D eigenvalue weighted by Gasteiger charge is -2.10. The van der Waals surface area contributed by atoms with Crippen LogP contribution < -0.4 is 10.6 Å². The number of benzene rings is 1. The smallest absolute Gasteiger partial charge is 0.253 e. The Labute approximate surface area is 106 Å². The van der Waals surface area contributed by atoms with Crippen molar-refractivity contribution in [1.29, 1.82) is 0 Å². The summed E-state index contributed by atoms with van der Waals surface area (Å²) in [4.78, 5) is 12.1. The van der Waals surface area contributed by atoms with Gasteiger partial charge < -0.3 is 15.1 Å². The van der Waals surface area contributed by atoms with Gasteiger partial charge in [-0.1, -0.05) is 11.6 Å². The van der Waals surface area contributed by atoms with Gasteiger partial charge in [0.1, 0.15) is 0 Å². The highest BCUT2D eigenvalue weighted by atomic mass is 16.3. The van der Waals surface area contributed by atoms with E-state index < -0.39 is 0 Å². The fraction of sp³-hybridized carbons (Fsp3) is 0.214. The zero-order chi connectivity index (χ0) is 13.0. The second-order valence-corrected chi connectivity index (χ2v) is 4.11. The predicted octanol–water partition coefficient (Wildman–Crippen LogP) is 2.56. The summed E-state index contributed by atoms with van der Waals surface area (Å²) in [7, 11) is 1.80. The average Bonchev–Trinajstić information content (AvgIpc) is 2.89. The fourth-order valence-electron chi connectivity index (χ4n) is 1.73. The molecule has 0 aliphatic heterocycles. The third-order valence-electron chi connectivity index (χ3n) is 2.72. The third kappa shape index (κ3) is 2.71. The van der Waals surface area contributed by atoms with Crippen molar-refractivity contribution >= 4 is 11.6 Å². The summed E-state index contributed by atoms with van der Waals surface area (Å²) >= 11 is 0. The Balaban J connectivity index is 2.10. The number of furan rings is 1. The topological polar surface area (TPSA) is 54.3 Å². The van der Waals surface area contributed by atoms with Crippen LogP contribution in [0.15, 0.2) is 41.2 Å². The standard InChI is InChI=1S/C14H16N2O2/c1-10-3-4-13(15-2)12(7-10)14(17)16-8-11-5-6-18-9-11/h3-7,9,15H,8H2,1-2H3,(H,16,17). The van der Waals surface area contributed by atoms with Crippen molar-refractivity contribution in [3.8, 4) is 0 Å². The molecule has 1 aromatic heterocycles. The molecule has 0 saturated carbocycles. The highest BCUT2D eigenvalue weighted by molar-refractivity contribution is 5.99. The molecule has 0 atom stereocenters. The van der Waals surface area contributed by atoms with Gasteiger partial charge in [0, 0.05) is 24.8 Å². The van der Waals surface area contributed by atoms with Crippen LogP contribution in [0.1, 0.15) is 21.5 Å². The molecule has 18 heavy (non-hydrogen) atoms. The summed E-state index contributed by atoms with van der Waals surface area (Å²) in [6.45, 7) is 2.43. The van der Waals surface area contributed by atoms with Gasteiger partial charge in [-0.3, -0.25) is 4.79 Å². The average molecular weight is 244 g/mol. The molecule has 0 saturated heterocycles. The van der Waals surface area contributed by atoms with Gasteiger partial charge in [0.2, 0.25) is 0 Å². The van der Waals surface area contributed by atoms with Gasteiger partial charge in [-0.05, 0) is 25.1 Å². The molecular weight excluding hydrogens is 228 g/mol. The van der Waals surface area contributed by atoms with Crippen molar-refractivity contribution in [2.45, 2.75) is 13.5 Å². The Morgan fingerprint density at radius 2 is 2.17 bits per heavy atom. The van der Waals surface area contributed by atoms with Crippen LogP contribution in [0.3, 0.4) is 0 Å². The number of carbonyl (C=O) groups excluding carboxylic acids is 1. The van der Waals surface area contributed by atoms with E-state index in [0.717, 1.165) is 16.8 Å². The molecule has 1 amide bonds. The van der Waals surface area contributed by atoms with Crippen LogP contribution in [0.4, 0.5) is 5.69 Å². The first kappa shape index (κ1) is 12.2. The molecule has 0 bridgehead atoms. The third-order valence-corrected chi connectivity index (χ3v) is 2.72. The van der Waals surface area contributed by atoms with E-state index in [2.05, 4.69) is 10.6 Å². The summed E-state index contributed by atoms with van der Waals surface area (Å²) < 4.78 is 4.95. The number of amides is 1. The van der Waals surface area contributed by atoms with Crippen molar-refractivity contribution in [2.24, 2.45) is 0 Å². The fourth-order valence-corrected chi connectivity index (χ4v) is 1.73. The molecule has 1 heterocycles. The van der Waals surface area contributed by atoms with Crippen LogP contribution in [0.2, 0.25) is 0 Å². The predicted molar refractivity (Wildman–Crippen MR) is 70.6 cm³/mol. The Hall–Kier alpha value is -2.23. The molecule has 0 aliphatic carbocycles. The molecule has 94 valence electrons. The van der Waals surface area contributed by atoms with Crippen LogP contribution in [-0.4, -0.2) is 13.0 Å². The largest absolute Gasteiger partial charge is 0.472 e. The van der Waals surface area contributed by atoms with Gasteiger partial charge in [-0.15, -0.1) is 0 Å². The van der Waals surface area contributed by atoms with E-state index in [9.17, 15) is 4.79 Å². The van der Waals surface area contributed by atoms with E-state index in [1.165, 1.54) is 0 Å².